The number of amides is 1. The molecule has 2 atom stereocenters. The van der Waals surface area contributed by atoms with Crippen LogP contribution in [-0.4, -0.2) is 30.8 Å². The maximum Gasteiger partial charge on any atom is 0.247 e. The van der Waals surface area contributed by atoms with Crippen molar-refractivity contribution in [1.82, 2.24) is 10.5 Å². The quantitative estimate of drug-likeness (QED) is 0.855. The van der Waals surface area contributed by atoms with Crippen molar-refractivity contribution >= 4 is 11.7 Å². The number of nitrogens with one attached hydrogen (secondary N) is 2. The van der Waals surface area contributed by atoms with Crippen LogP contribution in [0.2, 0.25) is 0 Å². The molecule has 2 heterocycles. The van der Waals surface area contributed by atoms with E-state index in [-0.39, 0.29) is 5.91 Å². The second-order valence-corrected chi connectivity index (χ2v) is 5.79. The summed E-state index contributed by atoms with van der Waals surface area (Å²) in [6.45, 7) is 4.08. The van der Waals surface area contributed by atoms with E-state index in [4.69, 9.17) is 9.26 Å². The molecule has 0 spiro atoms. The van der Waals surface area contributed by atoms with Crippen LogP contribution in [0.5, 0.6) is 0 Å². The predicted octanol–water partition coefficient (Wildman–Crippen LogP) is 2.29. The number of rotatable bonds is 6. The van der Waals surface area contributed by atoms with E-state index in [0.717, 1.165) is 31.7 Å². The van der Waals surface area contributed by atoms with Gasteiger partial charge in [-0.15, -0.1) is 0 Å². The highest BCUT2D eigenvalue weighted by Crippen LogP contribution is 2.18. The summed E-state index contributed by atoms with van der Waals surface area (Å²) in [7, 11) is 0. The SMILES string of the molecule is Cc1cc(NC(=O)[C@@H](NC[C@@H]2CCOC2)c2ccccc2)no1. The van der Waals surface area contributed by atoms with Crippen molar-refractivity contribution in [3.8, 4) is 0 Å². The molecule has 122 valence electrons. The Morgan fingerprint density at radius 2 is 2.22 bits per heavy atom. The van der Waals surface area contributed by atoms with Crippen molar-refractivity contribution in [2.75, 3.05) is 25.1 Å². The number of benzene rings is 1. The lowest BCUT2D eigenvalue weighted by atomic mass is 10.0. The minimum absolute atomic E-state index is 0.150. The van der Waals surface area contributed by atoms with Crippen molar-refractivity contribution in [2.45, 2.75) is 19.4 Å². The number of hydrogen-bond acceptors (Lipinski definition) is 5. The van der Waals surface area contributed by atoms with Crippen LogP contribution in [0.3, 0.4) is 0 Å². The van der Waals surface area contributed by atoms with E-state index < -0.39 is 6.04 Å². The Morgan fingerprint density at radius 3 is 2.87 bits per heavy atom. The van der Waals surface area contributed by atoms with Crippen LogP contribution >= 0.6 is 0 Å². The molecule has 3 rings (SSSR count). The fourth-order valence-corrected chi connectivity index (χ4v) is 2.66. The highest BCUT2D eigenvalue weighted by molar-refractivity contribution is 5.94. The van der Waals surface area contributed by atoms with Crippen molar-refractivity contribution in [2.24, 2.45) is 5.92 Å². The molecule has 6 heteroatoms. The van der Waals surface area contributed by atoms with Crippen LogP contribution in [-0.2, 0) is 9.53 Å². The standard InChI is InChI=1S/C17H21N3O3/c1-12-9-15(20-23-12)19-17(21)16(14-5-3-2-4-6-14)18-10-13-7-8-22-11-13/h2-6,9,13,16,18H,7-8,10-11H2,1H3,(H,19,20,21)/t13-,16-/m0/s1. The van der Waals surface area contributed by atoms with Crippen molar-refractivity contribution in [1.29, 1.82) is 0 Å². The molecule has 0 aliphatic carbocycles. The van der Waals surface area contributed by atoms with E-state index in [1.165, 1.54) is 0 Å². The molecular weight excluding hydrogens is 294 g/mol. The fraction of sp³-hybridized carbons (Fsp3) is 0.412. The highest BCUT2D eigenvalue weighted by Gasteiger charge is 2.24. The summed E-state index contributed by atoms with van der Waals surface area (Å²) in [5, 5.41) is 9.97. The van der Waals surface area contributed by atoms with Crippen molar-refractivity contribution < 1.29 is 14.1 Å². The van der Waals surface area contributed by atoms with E-state index in [1.807, 2.05) is 30.3 Å². The normalized spacial score (nSPS) is 18.7. The lowest BCUT2D eigenvalue weighted by Crippen LogP contribution is -2.36. The average molecular weight is 315 g/mol. The molecule has 1 saturated heterocycles. The van der Waals surface area contributed by atoms with Gasteiger partial charge in [0.1, 0.15) is 11.8 Å². The van der Waals surface area contributed by atoms with Gasteiger partial charge in [0.15, 0.2) is 5.82 Å². The van der Waals surface area contributed by atoms with E-state index >= 15 is 0 Å². The van der Waals surface area contributed by atoms with Gasteiger partial charge >= 0.3 is 0 Å². The number of carbonyl (C=O) groups is 1. The minimum atomic E-state index is -0.436. The first-order chi connectivity index (χ1) is 11.2. The predicted molar refractivity (Wildman–Crippen MR) is 86.0 cm³/mol. The molecule has 23 heavy (non-hydrogen) atoms. The topological polar surface area (TPSA) is 76.4 Å². The molecule has 1 aliphatic heterocycles. The first-order valence-electron chi connectivity index (χ1n) is 7.82. The van der Waals surface area contributed by atoms with Gasteiger partial charge in [-0.3, -0.25) is 4.79 Å². The third-order valence-corrected chi connectivity index (χ3v) is 3.91. The van der Waals surface area contributed by atoms with Gasteiger partial charge in [0.2, 0.25) is 5.91 Å². The first kappa shape index (κ1) is 15.7. The number of carbonyl (C=O) groups excluding carboxylic acids is 1. The maximum absolute atomic E-state index is 12.6. The van der Waals surface area contributed by atoms with Crippen LogP contribution < -0.4 is 10.6 Å². The molecule has 0 bridgehead atoms. The molecule has 6 nitrogen and oxygen atoms in total. The number of aromatic nitrogens is 1. The Labute approximate surface area is 135 Å². The fourth-order valence-electron chi connectivity index (χ4n) is 2.66. The molecule has 0 unspecified atom stereocenters. The van der Waals surface area contributed by atoms with E-state index in [9.17, 15) is 4.79 Å². The van der Waals surface area contributed by atoms with Crippen LogP contribution in [0.15, 0.2) is 40.9 Å². The molecule has 1 amide bonds. The third-order valence-electron chi connectivity index (χ3n) is 3.91. The largest absolute Gasteiger partial charge is 0.381 e. The molecule has 1 aliphatic rings. The van der Waals surface area contributed by atoms with Crippen molar-refractivity contribution in [3.05, 3.63) is 47.7 Å². The van der Waals surface area contributed by atoms with E-state index in [2.05, 4.69) is 15.8 Å². The average Bonchev–Trinajstić information content (AvgIpc) is 3.20. The van der Waals surface area contributed by atoms with Crippen LogP contribution in [0, 0.1) is 12.8 Å². The number of nitrogens with zero attached hydrogens (tertiary/aromatic N) is 1. The summed E-state index contributed by atoms with van der Waals surface area (Å²) in [5.74, 6) is 1.39. The minimum Gasteiger partial charge on any atom is -0.381 e. The van der Waals surface area contributed by atoms with Crippen LogP contribution in [0.1, 0.15) is 23.8 Å². The molecule has 0 radical (unpaired) electrons. The molecular formula is C17H21N3O3. The summed E-state index contributed by atoms with van der Waals surface area (Å²) in [6, 6.07) is 10.9. The zero-order valence-electron chi connectivity index (χ0n) is 13.1. The molecule has 1 fully saturated rings. The lowest BCUT2D eigenvalue weighted by Gasteiger charge is -2.20. The van der Waals surface area contributed by atoms with Gasteiger partial charge in [0, 0.05) is 19.2 Å². The molecule has 2 N–H and O–H groups in total. The Balaban J connectivity index is 1.69. The van der Waals surface area contributed by atoms with Gasteiger partial charge in [-0.2, -0.15) is 0 Å². The smallest absolute Gasteiger partial charge is 0.247 e. The maximum atomic E-state index is 12.6. The van der Waals surface area contributed by atoms with Gasteiger partial charge in [-0.25, -0.2) is 0 Å². The Morgan fingerprint density at radius 1 is 1.39 bits per heavy atom. The summed E-state index contributed by atoms with van der Waals surface area (Å²) in [5.41, 5.74) is 0.920. The summed E-state index contributed by atoms with van der Waals surface area (Å²) < 4.78 is 10.4. The molecule has 2 aromatic rings. The van der Waals surface area contributed by atoms with Gasteiger partial charge in [0.25, 0.3) is 0 Å². The molecule has 1 aromatic heterocycles. The van der Waals surface area contributed by atoms with Crippen molar-refractivity contribution in [3.63, 3.8) is 0 Å². The van der Waals surface area contributed by atoms with E-state index in [1.54, 1.807) is 13.0 Å². The number of ether oxygens (including phenoxy) is 1. The monoisotopic (exact) mass is 315 g/mol. The lowest BCUT2D eigenvalue weighted by molar-refractivity contribution is -0.118. The third kappa shape index (κ3) is 4.18. The van der Waals surface area contributed by atoms with E-state index in [0.29, 0.717) is 17.5 Å². The second kappa shape index (κ2) is 7.39. The summed E-state index contributed by atoms with van der Waals surface area (Å²) >= 11 is 0. The Kier molecular flexibility index (Phi) is 5.05. The highest BCUT2D eigenvalue weighted by atomic mass is 16.5. The van der Waals surface area contributed by atoms with Crippen LogP contribution in [0.4, 0.5) is 5.82 Å². The number of hydrogen-bond donors (Lipinski definition) is 2. The second-order valence-electron chi connectivity index (χ2n) is 5.79. The summed E-state index contributed by atoms with van der Waals surface area (Å²) in [6.07, 6.45) is 1.03. The zero-order chi connectivity index (χ0) is 16.1. The first-order valence-corrected chi connectivity index (χ1v) is 7.82. The van der Waals surface area contributed by atoms with Gasteiger partial charge in [0.05, 0.1) is 6.61 Å². The van der Waals surface area contributed by atoms with Gasteiger partial charge in [-0.05, 0) is 24.8 Å². The van der Waals surface area contributed by atoms with Crippen LogP contribution in [0.25, 0.3) is 0 Å². The Bertz CT molecular complexity index is 636. The zero-order valence-corrected chi connectivity index (χ0v) is 13.1. The molecule has 0 saturated carbocycles. The van der Waals surface area contributed by atoms with Gasteiger partial charge < -0.3 is 19.9 Å². The number of anilines is 1. The summed E-state index contributed by atoms with van der Waals surface area (Å²) in [4.78, 5) is 12.6. The van der Waals surface area contributed by atoms with Gasteiger partial charge in [-0.1, -0.05) is 35.5 Å². The Hall–Kier alpha value is -2.18. The molecule has 1 aromatic carbocycles. The number of aryl methyl sites for hydroxylation is 1.